The van der Waals surface area contributed by atoms with Gasteiger partial charge in [-0.25, -0.2) is 13.4 Å². The van der Waals surface area contributed by atoms with Gasteiger partial charge in [0.15, 0.2) is 9.84 Å². The quantitative estimate of drug-likeness (QED) is 0.742. The number of carbonyl (C=O) groups is 1. The van der Waals surface area contributed by atoms with E-state index in [2.05, 4.69) is 14.9 Å². The summed E-state index contributed by atoms with van der Waals surface area (Å²) in [5.41, 5.74) is 0. The Morgan fingerprint density at radius 3 is 2.58 bits per heavy atom. The molecule has 8 nitrogen and oxygen atoms in total. The summed E-state index contributed by atoms with van der Waals surface area (Å²) in [6.07, 6.45) is 2.32. The van der Waals surface area contributed by atoms with Crippen molar-refractivity contribution in [3.05, 3.63) is 12.3 Å². The third-order valence-electron chi connectivity index (χ3n) is 4.75. The Morgan fingerprint density at radius 2 is 2.00 bits per heavy atom. The summed E-state index contributed by atoms with van der Waals surface area (Å²) in [6.45, 7) is 4.43. The van der Waals surface area contributed by atoms with E-state index in [0.29, 0.717) is 25.5 Å². The molecule has 9 heteroatoms. The molecule has 2 fully saturated rings. The van der Waals surface area contributed by atoms with Crippen molar-refractivity contribution < 1.29 is 13.2 Å². The van der Waals surface area contributed by atoms with Gasteiger partial charge < -0.3 is 14.7 Å². The van der Waals surface area contributed by atoms with Gasteiger partial charge >= 0.3 is 0 Å². The standard InChI is InChI=1S/C15H23N5O3S/c1-12(21)19-6-8-20(9-7-19)14-3-5-16-15(17-14)18(2)13-4-10-24(22,23)11-13/h3,5,13H,4,6-11H2,1-2H3. The molecule has 2 aliphatic heterocycles. The van der Waals surface area contributed by atoms with Crippen molar-refractivity contribution in [2.75, 3.05) is 54.5 Å². The normalized spacial score (nSPS) is 23.3. The molecule has 3 heterocycles. The van der Waals surface area contributed by atoms with Crippen LogP contribution < -0.4 is 9.80 Å². The van der Waals surface area contributed by atoms with Gasteiger partial charge in [0.25, 0.3) is 0 Å². The van der Waals surface area contributed by atoms with Crippen LogP contribution in [0.5, 0.6) is 0 Å². The van der Waals surface area contributed by atoms with E-state index in [1.807, 2.05) is 22.9 Å². The summed E-state index contributed by atoms with van der Waals surface area (Å²) < 4.78 is 23.3. The molecular weight excluding hydrogens is 330 g/mol. The number of nitrogens with zero attached hydrogens (tertiary/aromatic N) is 5. The van der Waals surface area contributed by atoms with Gasteiger partial charge in [0.1, 0.15) is 5.82 Å². The first-order valence-corrected chi connectivity index (χ1v) is 9.94. The molecule has 0 N–H and O–H groups in total. The van der Waals surface area contributed by atoms with Gasteiger partial charge in [-0.2, -0.15) is 4.98 Å². The summed E-state index contributed by atoms with van der Waals surface area (Å²) in [7, 11) is -1.09. The molecular formula is C15H23N5O3S. The highest BCUT2D eigenvalue weighted by Gasteiger charge is 2.32. The van der Waals surface area contributed by atoms with Crippen molar-refractivity contribution in [1.82, 2.24) is 14.9 Å². The van der Waals surface area contributed by atoms with E-state index in [0.717, 1.165) is 18.9 Å². The highest BCUT2D eigenvalue weighted by molar-refractivity contribution is 7.91. The number of aromatic nitrogens is 2. The van der Waals surface area contributed by atoms with Crippen LogP contribution in [0.1, 0.15) is 13.3 Å². The minimum Gasteiger partial charge on any atom is -0.353 e. The molecule has 132 valence electrons. The van der Waals surface area contributed by atoms with Gasteiger partial charge in [0.2, 0.25) is 11.9 Å². The summed E-state index contributed by atoms with van der Waals surface area (Å²) in [5.74, 6) is 1.85. The van der Waals surface area contributed by atoms with Crippen molar-refractivity contribution in [2.24, 2.45) is 0 Å². The van der Waals surface area contributed by atoms with Crippen LogP contribution in [-0.2, 0) is 14.6 Å². The van der Waals surface area contributed by atoms with Crippen LogP contribution >= 0.6 is 0 Å². The predicted molar refractivity (Wildman–Crippen MR) is 92.0 cm³/mol. The van der Waals surface area contributed by atoms with E-state index in [9.17, 15) is 13.2 Å². The number of sulfone groups is 1. The van der Waals surface area contributed by atoms with E-state index in [1.54, 1.807) is 13.1 Å². The van der Waals surface area contributed by atoms with Crippen LogP contribution in [0.4, 0.5) is 11.8 Å². The van der Waals surface area contributed by atoms with Crippen LogP contribution in [0.25, 0.3) is 0 Å². The molecule has 1 atom stereocenters. The first kappa shape index (κ1) is 16.9. The maximum atomic E-state index is 11.7. The lowest BCUT2D eigenvalue weighted by Crippen LogP contribution is -2.48. The molecule has 2 aliphatic rings. The number of hydrogen-bond donors (Lipinski definition) is 0. The Bertz CT molecular complexity index is 716. The Kier molecular flexibility index (Phi) is 4.62. The molecule has 0 spiro atoms. The number of carbonyl (C=O) groups excluding carboxylic acids is 1. The summed E-state index contributed by atoms with van der Waals surface area (Å²) in [5, 5.41) is 0. The molecule has 0 saturated carbocycles. The van der Waals surface area contributed by atoms with E-state index in [-0.39, 0.29) is 23.5 Å². The zero-order valence-electron chi connectivity index (χ0n) is 14.1. The SMILES string of the molecule is CC(=O)N1CCN(c2ccnc(N(C)C3CCS(=O)(=O)C3)n2)CC1. The van der Waals surface area contributed by atoms with Crippen LogP contribution in [0.3, 0.4) is 0 Å². The van der Waals surface area contributed by atoms with Crippen LogP contribution in [-0.4, -0.2) is 80.0 Å². The van der Waals surface area contributed by atoms with E-state index < -0.39 is 9.84 Å². The lowest BCUT2D eigenvalue weighted by Gasteiger charge is -2.35. The van der Waals surface area contributed by atoms with Gasteiger partial charge in [-0.3, -0.25) is 4.79 Å². The van der Waals surface area contributed by atoms with E-state index in [4.69, 9.17) is 0 Å². The summed E-state index contributed by atoms with van der Waals surface area (Å²) in [6, 6.07) is 1.78. The molecule has 24 heavy (non-hydrogen) atoms. The molecule has 1 unspecified atom stereocenters. The fraction of sp³-hybridized carbons (Fsp3) is 0.667. The molecule has 0 aliphatic carbocycles. The minimum atomic E-state index is -2.94. The smallest absolute Gasteiger partial charge is 0.227 e. The second-order valence-electron chi connectivity index (χ2n) is 6.38. The van der Waals surface area contributed by atoms with Crippen molar-refractivity contribution in [3.8, 4) is 0 Å². The third-order valence-corrected chi connectivity index (χ3v) is 6.50. The molecule has 1 amide bonds. The summed E-state index contributed by atoms with van der Waals surface area (Å²) in [4.78, 5) is 26.1. The Balaban J connectivity index is 1.70. The lowest BCUT2D eigenvalue weighted by molar-refractivity contribution is -0.129. The highest BCUT2D eigenvalue weighted by atomic mass is 32.2. The van der Waals surface area contributed by atoms with Crippen LogP contribution in [0, 0.1) is 0 Å². The lowest BCUT2D eigenvalue weighted by atomic mass is 10.2. The van der Waals surface area contributed by atoms with Crippen LogP contribution in [0.2, 0.25) is 0 Å². The van der Waals surface area contributed by atoms with Gasteiger partial charge in [-0.05, 0) is 12.5 Å². The molecule has 2 saturated heterocycles. The third kappa shape index (κ3) is 3.61. The number of amides is 1. The van der Waals surface area contributed by atoms with Crippen molar-refractivity contribution in [3.63, 3.8) is 0 Å². The second-order valence-corrected chi connectivity index (χ2v) is 8.60. The minimum absolute atomic E-state index is 0.0696. The van der Waals surface area contributed by atoms with Crippen LogP contribution in [0.15, 0.2) is 12.3 Å². The van der Waals surface area contributed by atoms with E-state index in [1.165, 1.54) is 0 Å². The molecule has 1 aromatic heterocycles. The Hall–Kier alpha value is -1.90. The van der Waals surface area contributed by atoms with Gasteiger partial charge in [-0.1, -0.05) is 0 Å². The number of anilines is 2. The van der Waals surface area contributed by atoms with Gasteiger partial charge in [0, 0.05) is 52.4 Å². The van der Waals surface area contributed by atoms with Gasteiger partial charge in [-0.15, -0.1) is 0 Å². The fourth-order valence-corrected chi connectivity index (χ4v) is 4.95. The fourth-order valence-electron chi connectivity index (χ4n) is 3.18. The zero-order chi connectivity index (χ0) is 17.3. The average molecular weight is 353 g/mol. The highest BCUT2D eigenvalue weighted by Crippen LogP contribution is 2.22. The number of hydrogen-bond acceptors (Lipinski definition) is 7. The Morgan fingerprint density at radius 1 is 1.29 bits per heavy atom. The molecule has 0 aromatic carbocycles. The first-order chi connectivity index (χ1) is 11.4. The van der Waals surface area contributed by atoms with E-state index >= 15 is 0 Å². The zero-order valence-corrected chi connectivity index (χ0v) is 14.9. The molecule has 0 radical (unpaired) electrons. The van der Waals surface area contributed by atoms with Crippen molar-refractivity contribution in [1.29, 1.82) is 0 Å². The monoisotopic (exact) mass is 353 g/mol. The molecule has 3 rings (SSSR count). The Labute approximate surface area is 142 Å². The number of rotatable bonds is 3. The maximum absolute atomic E-state index is 11.7. The molecule has 0 bridgehead atoms. The predicted octanol–water partition coefficient (Wildman–Crippen LogP) is -0.232. The first-order valence-electron chi connectivity index (χ1n) is 8.12. The maximum Gasteiger partial charge on any atom is 0.227 e. The van der Waals surface area contributed by atoms with Crippen molar-refractivity contribution >= 4 is 27.5 Å². The topological polar surface area (TPSA) is 86.7 Å². The summed E-state index contributed by atoms with van der Waals surface area (Å²) >= 11 is 0. The van der Waals surface area contributed by atoms with Crippen molar-refractivity contribution in [2.45, 2.75) is 19.4 Å². The average Bonchev–Trinajstić information content (AvgIpc) is 2.94. The van der Waals surface area contributed by atoms with Gasteiger partial charge in [0.05, 0.1) is 11.5 Å². The second kappa shape index (κ2) is 6.54. The molecule has 1 aromatic rings. The largest absolute Gasteiger partial charge is 0.353 e. The number of piperazine rings is 1.